The number of carbonyl (C=O) groups is 2. The Morgan fingerprint density at radius 2 is 1.64 bits per heavy atom. The van der Waals surface area contributed by atoms with E-state index < -0.39 is 18.1 Å². The topological polar surface area (TPSA) is 72.9 Å². The molecule has 6 nitrogen and oxygen atoms in total. The van der Waals surface area contributed by atoms with Crippen LogP contribution in [0.3, 0.4) is 0 Å². The van der Waals surface area contributed by atoms with E-state index in [0.717, 1.165) is 18.8 Å². The van der Waals surface area contributed by atoms with Crippen LogP contribution in [0.1, 0.15) is 20.8 Å². The lowest BCUT2D eigenvalue weighted by molar-refractivity contribution is -0.143. The summed E-state index contributed by atoms with van der Waals surface area (Å²) in [5, 5.41) is 11.8. The summed E-state index contributed by atoms with van der Waals surface area (Å²) in [6.07, 6.45) is 0. The summed E-state index contributed by atoms with van der Waals surface area (Å²) in [6, 6.07) is 5.11. The summed E-state index contributed by atoms with van der Waals surface area (Å²) in [7, 11) is 0. The zero-order chi connectivity index (χ0) is 18.6. The number of halogens is 1. The van der Waals surface area contributed by atoms with Gasteiger partial charge in [0, 0.05) is 31.9 Å². The standard InChI is InChI=1S/C18H26FN3O3/c1-12(2)16(18(24)25)20-17(23)13(3)21-8-10-22(11-9-21)15-6-4-14(19)5-7-15/h4-7,12-13,16H,8-11H2,1-3H3,(H,20,23)(H,24,25)/t13?,16-/m1/s1. The zero-order valence-electron chi connectivity index (χ0n) is 14.9. The number of nitrogens with one attached hydrogen (secondary N) is 1. The molecule has 0 spiro atoms. The van der Waals surface area contributed by atoms with Crippen molar-refractivity contribution in [3.05, 3.63) is 30.1 Å². The van der Waals surface area contributed by atoms with Crippen LogP contribution in [0.5, 0.6) is 0 Å². The number of carboxylic acids is 1. The Kier molecular flexibility index (Phi) is 6.36. The number of aliphatic carboxylic acids is 1. The van der Waals surface area contributed by atoms with Gasteiger partial charge in [-0.05, 0) is 37.1 Å². The Morgan fingerprint density at radius 1 is 1.08 bits per heavy atom. The van der Waals surface area contributed by atoms with Gasteiger partial charge in [-0.15, -0.1) is 0 Å². The van der Waals surface area contributed by atoms with Crippen molar-refractivity contribution in [2.45, 2.75) is 32.9 Å². The van der Waals surface area contributed by atoms with Gasteiger partial charge in [-0.1, -0.05) is 13.8 Å². The molecule has 0 aliphatic carbocycles. The second kappa shape index (κ2) is 8.29. The highest BCUT2D eigenvalue weighted by atomic mass is 19.1. The SMILES string of the molecule is CC(C)[C@@H](NC(=O)C(C)N1CCN(c2ccc(F)cc2)CC1)C(=O)O. The number of carbonyl (C=O) groups excluding carboxylic acids is 1. The number of carboxylic acid groups (broad SMARTS) is 1. The molecule has 0 saturated carbocycles. The van der Waals surface area contributed by atoms with Gasteiger partial charge >= 0.3 is 5.97 Å². The molecule has 0 aromatic heterocycles. The molecule has 2 atom stereocenters. The first-order valence-electron chi connectivity index (χ1n) is 8.57. The minimum Gasteiger partial charge on any atom is -0.480 e. The molecular formula is C18H26FN3O3. The van der Waals surface area contributed by atoms with E-state index in [1.54, 1.807) is 32.9 Å². The second-order valence-corrected chi connectivity index (χ2v) is 6.74. The van der Waals surface area contributed by atoms with E-state index in [0.29, 0.717) is 13.1 Å². The summed E-state index contributed by atoms with van der Waals surface area (Å²) < 4.78 is 13.0. The van der Waals surface area contributed by atoms with Gasteiger partial charge in [0.05, 0.1) is 6.04 Å². The predicted molar refractivity (Wildman–Crippen MR) is 94.1 cm³/mol. The van der Waals surface area contributed by atoms with Gasteiger partial charge in [-0.2, -0.15) is 0 Å². The summed E-state index contributed by atoms with van der Waals surface area (Å²) in [5.41, 5.74) is 0.962. The highest BCUT2D eigenvalue weighted by molar-refractivity contribution is 5.86. The molecule has 1 aromatic carbocycles. The highest BCUT2D eigenvalue weighted by Gasteiger charge is 2.30. The van der Waals surface area contributed by atoms with Crippen molar-refractivity contribution in [2.75, 3.05) is 31.1 Å². The van der Waals surface area contributed by atoms with Crippen molar-refractivity contribution < 1.29 is 19.1 Å². The van der Waals surface area contributed by atoms with Crippen LogP contribution in [0, 0.1) is 11.7 Å². The van der Waals surface area contributed by atoms with Crippen LogP contribution in [0.2, 0.25) is 0 Å². The Hall–Kier alpha value is -2.15. The minimum absolute atomic E-state index is 0.177. The molecule has 2 rings (SSSR count). The normalized spacial score (nSPS) is 18.0. The van der Waals surface area contributed by atoms with E-state index in [1.807, 2.05) is 4.90 Å². The molecule has 2 N–H and O–H groups in total. The monoisotopic (exact) mass is 351 g/mol. The van der Waals surface area contributed by atoms with Gasteiger partial charge in [-0.25, -0.2) is 9.18 Å². The summed E-state index contributed by atoms with van der Waals surface area (Å²) in [4.78, 5) is 27.8. The first-order valence-corrected chi connectivity index (χ1v) is 8.57. The third-order valence-electron chi connectivity index (χ3n) is 4.66. The van der Waals surface area contributed by atoms with Crippen molar-refractivity contribution in [1.29, 1.82) is 0 Å². The Labute approximate surface area is 147 Å². The molecule has 1 aromatic rings. The molecule has 1 saturated heterocycles. The van der Waals surface area contributed by atoms with Crippen LogP contribution >= 0.6 is 0 Å². The highest BCUT2D eigenvalue weighted by Crippen LogP contribution is 2.18. The van der Waals surface area contributed by atoms with E-state index in [2.05, 4.69) is 10.2 Å². The van der Waals surface area contributed by atoms with E-state index in [1.165, 1.54) is 12.1 Å². The third kappa shape index (κ3) is 4.92. The molecule has 1 fully saturated rings. The third-order valence-corrected chi connectivity index (χ3v) is 4.66. The lowest BCUT2D eigenvalue weighted by Gasteiger charge is -2.38. The Balaban J connectivity index is 1.89. The molecule has 0 radical (unpaired) electrons. The molecule has 138 valence electrons. The lowest BCUT2D eigenvalue weighted by Crippen LogP contribution is -2.56. The van der Waals surface area contributed by atoms with Gasteiger partial charge in [-0.3, -0.25) is 9.69 Å². The molecule has 1 aliphatic rings. The van der Waals surface area contributed by atoms with Gasteiger partial charge in [0.25, 0.3) is 0 Å². The van der Waals surface area contributed by atoms with Gasteiger partial charge in [0.15, 0.2) is 0 Å². The molecule has 1 heterocycles. The van der Waals surface area contributed by atoms with Crippen LogP contribution in [-0.2, 0) is 9.59 Å². The average Bonchev–Trinajstić information content (AvgIpc) is 2.59. The smallest absolute Gasteiger partial charge is 0.326 e. The van der Waals surface area contributed by atoms with Crippen molar-refractivity contribution in [3.63, 3.8) is 0 Å². The first-order chi connectivity index (χ1) is 11.8. The number of piperazine rings is 1. The molecule has 1 aliphatic heterocycles. The van der Waals surface area contributed by atoms with E-state index in [4.69, 9.17) is 0 Å². The second-order valence-electron chi connectivity index (χ2n) is 6.74. The van der Waals surface area contributed by atoms with Crippen molar-refractivity contribution in [3.8, 4) is 0 Å². The minimum atomic E-state index is -1.02. The molecule has 1 unspecified atom stereocenters. The summed E-state index contributed by atoms with van der Waals surface area (Å²) in [6.45, 7) is 8.17. The molecule has 25 heavy (non-hydrogen) atoms. The molecule has 1 amide bonds. The number of benzene rings is 1. The van der Waals surface area contributed by atoms with Gasteiger partial charge < -0.3 is 15.3 Å². The van der Waals surface area contributed by atoms with E-state index >= 15 is 0 Å². The van der Waals surface area contributed by atoms with Crippen LogP contribution in [-0.4, -0.2) is 60.1 Å². The quantitative estimate of drug-likeness (QED) is 0.814. The van der Waals surface area contributed by atoms with Gasteiger partial charge in [0.2, 0.25) is 5.91 Å². The number of anilines is 1. The molecular weight excluding hydrogens is 325 g/mol. The summed E-state index contributed by atoms with van der Waals surface area (Å²) in [5.74, 6) is -1.72. The van der Waals surface area contributed by atoms with E-state index in [-0.39, 0.29) is 17.6 Å². The number of hydrogen-bond acceptors (Lipinski definition) is 4. The number of nitrogens with zero attached hydrogens (tertiary/aromatic N) is 2. The van der Waals surface area contributed by atoms with Crippen LogP contribution in [0.4, 0.5) is 10.1 Å². The number of hydrogen-bond donors (Lipinski definition) is 2. The Bertz CT molecular complexity index is 598. The first kappa shape index (κ1) is 19.2. The maximum atomic E-state index is 13.0. The van der Waals surface area contributed by atoms with Crippen molar-refractivity contribution >= 4 is 17.6 Å². The Morgan fingerprint density at radius 3 is 2.12 bits per heavy atom. The zero-order valence-corrected chi connectivity index (χ0v) is 14.9. The molecule has 7 heteroatoms. The average molecular weight is 351 g/mol. The largest absolute Gasteiger partial charge is 0.480 e. The van der Waals surface area contributed by atoms with Crippen LogP contribution < -0.4 is 10.2 Å². The molecule has 0 bridgehead atoms. The fraction of sp³-hybridized carbons (Fsp3) is 0.556. The van der Waals surface area contributed by atoms with Crippen LogP contribution in [0.15, 0.2) is 24.3 Å². The lowest BCUT2D eigenvalue weighted by atomic mass is 10.0. The predicted octanol–water partition coefficient (Wildman–Crippen LogP) is 1.56. The fourth-order valence-corrected chi connectivity index (χ4v) is 2.97. The summed E-state index contributed by atoms with van der Waals surface area (Å²) >= 11 is 0. The maximum Gasteiger partial charge on any atom is 0.326 e. The van der Waals surface area contributed by atoms with Crippen LogP contribution in [0.25, 0.3) is 0 Å². The number of rotatable bonds is 6. The van der Waals surface area contributed by atoms with Gasteiger partial charge in [0.1, 0.15) is 11.9 Å². The van der Waals surface area contributed by atoms with E-state index in [9.17, 15) is 19.1 Å². The number of amides is 1. The maximum absolute atomic E-state index is 13.0. The van der Waals surface area contributed by atoms with Crippen molar-refractivity contribution in [1.82, 2.24) is 10.2 Å². The van der Waals surface area contributed by atoms with Crippen molar-refractivity contribution in [2.24, 2.45) is 5.92 Å². The fourth-order valence-electron chi connectivity index (χ4n) is 2.97.